The van der Waals surface area contributed by atoms with E-state index in [1.165, 1.54) is 77.0 Å². The number of esters is 2. The third-order valence-corrected chi connectivity index (χ3v) is 11.9. The van der Waals surface area contributed by atoms with E-state index in [0.29, 0.717) is 12.8 Å². The van der Waals surface area contributed by atoms with Crippen molar-refractivity contribution < 1.29 is 56.8 Å². The first kappa shape index (κ1) is 58.6. The third kappa shape index (κ3) is 34.6. The number of unbranched alkanes of at least 4 members (excludes halogenated alkanes) is 21. The van der Waals surface area contributed by atoms with E-state index >= 15 is 0 Å². The van der Waals surface area contributed by atoms with E-state index in [1.807, 2.05) is 0 Å². The number of carbonyl (C=O) groups excluding carboxylic acids is 2. The minimum Gasteiger partial charge on any atom is -0.462 e. The molecule has 4 N–H and O–H groups in total. The summed E-state index contributed by atoms with van der Waals surface area (Å²) >= 11 is 0. The van der Waals surface area contributed by atoms with Gasteiger partial charge in [-0.15, -0.1) is 0 Å². The van der Waals surface area contributed by atoms with Crippen molar-refractivity contribution in [3.63, 3.8) is 0 Å². The van der Waals surface area contributed by atoms with Crippen LogP contribution >= 0.6 is 0 Å². The number of aliphatic hydroxyl groups excluding tert-OH is 3. The topological polar surface area (TPSA) is 186 Å². The van der Waals surface area contributed by atoms with Crippen LogP contribution in [0.4, 0.5) is 0 Å². The Labute approximate surface area is 382 Å². The summed E-state index contributed by atoms with van der Waals surface area (Å²) < 4.78 is 54.2. The van der Waals surface area contributed by atoms with Crippen LogP contribution in [0.2, 0.25) is 0 Å². The Bertz CT molecular complexity index is 1350. The molecule has 1 aliphatic rings. The average molecular weight is 913 g/mol. The monoisotopic (exact) mass is 913 g/mol. The van der Waals surface area contributed by atoms with Gasteiger partial charge in [0.05, 0.1) is 6.61 Å². The Kier molecular flexibility index (Phi) is 37.2. The Balaban J connectivity index is 2.41. The second kappa shape index (κ2) is 39.9. The molecule has 0 bridgehead atoms. The van der Waals surface area contributed by atoms with E-state index in [9.17, 15) is 37.9 Å². The summed E-state index contributed by atoms with van der Waals surface area (Å²) in [6, 6.07) is 0. The molecule has 1 saturated heterocycles. The van der Waals surface area contributed by atoms with E-state index in [1.54, 1.807) is 0 Å². The molecule has 6 atom stereocenters. The van der Waals surface area contributed by atoms with Gasteiger partial charge in [-0.1, -0.05) is 184 Å². The minimum atomic E-state index is -4.61. The summed E-state index contributed by atoms with van der Waals surface area (Å²) in [6.07, 6.45) is 38.6. The van der Waals surface area contributed by atoms with Crippen molar-refractivity contribution in [3.8, 4) is 0 Å². The Morgan fingerprint density at radius 3 is 1.49 bits per heavy atom. The molecule has 0 aromatic rings. The second-order valence-corrected chi connectivity index (χ2v) is 18.6. The van der Waals surface area contributed by atoms with Crippen molar-refractivity contribution in [3.05, 3.63) is 48.6 Å². The number of ether oxygens (including phenoxy) is 4. The molecule has 0 aliphatic carbocycles. The van der Waals surface area contributed by atoms with Gasteiger partial charge in [0, 0.05) is 12.8 Å². The van der Waals surface area contributed by atoms with Gasteiger partial charge >= 0.3 is 11.9 Å². The molecule has 0 spiro atoms. The molecule has 0 aromatic heterocycles. The van der Waals surface area contributed by atoms with Crippen LogP contribution < -0.4 is 0 Å². The number of hydrogen-bond acceptors (Lipinski definition) is 11. The number of aliphatic hydroxyl groups is 3. The first-order valence-electron chi connectivity index (χ1n) is 24.7. The number of carbonyl (C=O) groups is 2. The van der Waals surface area contributed by atoms with Crippen LogP contribution in [0.5, 0.6) is 0 Å². The van der Waals surface area contributed by atoms with Crippen molar-refractivity contribution in [2.75, 3.05) is 19.0 Å². The lowest BCUT2D eigenvalue weighted by atomic mass is 10.00. The van der Waals surface area contributed by atoms with E-state index in [2.05, 4.69) is 62.5 Å². The summed E-state index contributed by atoms with van der Waals surface area (Å²) in [7, 11) is -4.61. The fourth-order valence-corrected chi connectivity index (χ4v) is 8.07. The smallest absolute Gasteiger partial charge is 0.306 e. The van der Waals surface area contributed by atoms with E-state index in [4.69, 9.17) is 18.9 Å². The second-order valence-electron chi connectivity index (χ2n) is 17.1. The summed E-state index contributed by atoms with van der Waals surface area (Å²) in [5, 5.41) is 30.9. The Hall–Kier alpha value is -2.39. The number of hydrogen-bond donors (Lipinski definition) is 4. The first-order valence-corrected chi connectivity index (χ1v) is 26.3. The lowest BCUT2D eigenvalue weighted by molar-refractivity contribution is -0.297. The van der Waals surface area contributed by atoms with E-state index < -0.39 is 71.2 Å². The SMILES string of the molecule is CC/C=C\C/C=C\C/C=C\C/C=C\CCCCCCCCC(=O)OC(COC(=O)CCCCCCCCCCCCCCCCCC)COC1OC(CS(=O)(=O)O)C(O)C(O)C1O. The molecule has 12 nitrogen and oxygen atoms in total. The van der Waals surface area contributed by atoms with Crippen LogP contribution in [0, 0.1) is 0 Å². The van der Waals surface area contributed by atoms with Crippen molar-refractivity contribution >= 4 is 22.1 Å². The number of rotatable bonds is 41. The fourth-order valence-electron chi connectivity index (χ4n) is 7.37. The maximum Gasteiger partial charge on any atom is 0.306 e. The zero-order valence-corrected chi connectivity index (χ0v) is 40.0. The van der Waals surface area contributed by atoms with Crippen molar-refractivity contribution in [2.45, 2.75) is 237 Å². The van der Waals surface area contributed by atoms with Crippen LogP contribution in [-0.2, 0) is 38.7 Å². The predicted octanol–water partition coefficient (Wildman–Crippen LogP) is 10.7. The average Bonchev–Trinajstić information content (AvgIpc) is 3.25. The van der Waals surface area contributed by atoms with E-state index in [0.717, 1.165) is 83.5 Å². The fraction of sp³-hybridized carbons (Fsp3) is 0.800. The largest absolute Gasteiger partial charge is 0.462 e. The van der Waals surface area contributed by atoms with Gasteiger partial charge in [0.25, 0.3) is 10.1 Å². The van der Waals surface area contributed by atoms with Gasteiger partial charge in [-0.3, -0.25) is 14.1 Å². The minimum absolute atomic E-state index is 0.148. The molecule has 13 heteroatoms. The van der Waals surface area contributed by atoms with Crippen LogP contribution in [0.3, 0.4) is 0 Å². The summed E-state index contributed by atoms with van der Waals surface area (Å²) in [6.45, 7) is 3.66. The molecule has 1 rings (SSSR count). The maximum absolute atomic E-state index is 12.9. The highest BCUT2D eigenvalue weighted by Gasteiger charge is 2.46. The third-order valence-electron chi connectivity index (χ3n) is 11.2. The molecule has 6 unspecified atom stereocenters. The standard InChI is InChI=1S/C50H88O12S/c1-3-5-7-9-11-13-15-17-19-21-22-23-25-27-29-31-33-35-37-39-46(52)61-43(41-60-50-49(55)48(54)47(53)44(62-50)42-63(56,57)58)40-59-45(51)38-36-34-32-30-28-26-24-20-18-16-14-12-10-8-6-4-2/h5,7,11,13,17,19,22-23,43-44,47-50,53-55H,3-4,6,8-10,12,14-16,18,20-21,24-42H2,1-2H3,(H,56,57,58)/b7-5-,13-11-,19-17-,23-22-. The molecule has 366 valence electrons. The number of allylic oxidation sites excluding steroid dienone is 8. The first-order chi connectivity index (χ1) is 30.5. The molecule has 63 heavy (non-hydrogen) atoms. The normalized spacial score (nSPS) is 20.1. The van der Waals surface area contributed by atoms with Crippen molar-refractivity contribution in [2.24, 2.45) is 0 Å². The van der Waals surface area contributed by atoms with Crippen molar-refractivity contribution in [1.29, 1.82) is 0 Å². The van der Waals surface area contributed by atoms with Gasteiger partial charge in [-0.2, -0.15) is 8.42 Å². The molecule has 0 radical (unpaired) electrons. The molecule has 1 aliphatic heterocycles. The molecule has 0 aromatic carbocycles. The van der Waals surface area contributed by atoms with Crippen LogP contribution in [0.15, 0.2) is 48.6 Å². The lowest BCUT2D eigenvalue weighted by Gasteiger charge is -2.40. The quantitative estimate of drug-likeness (QED) is 0.0197. The highest BCUT2D eigenvalue weighted by atomic mass is 32.2. The van der Waals surface area contributed by atoms with Gasteiger partial charge < -0.3 is 34.3 Å². The predicted molar refractivity (Wildman–Crippen MR) is 252 cm³/mol. The molecular formula is C50H88O12S. The van der Waals surface area contributed by atoms with Crippen molar-refractivity contribution in [1.82, 2.24) is 0 Å². The highest BCUT2D eigenvalue weighted by Crippen LogP contribution is 2.24. The molecular weight excluding hydrogens is 825 g/mol. The molecule has 0 amide bonds. The summed E-state index contributed by atoms with van der Waals surface area (Å²) in [5.41, 5.74) is 0. The highest BCUT2D eigenvalue weighted by molar-refractivity contribution is 7.85. The lowest BCUT2D eigenvalue weighted by Crippen LogP contribution is -2.60. The zero-order chi connectivity index (χ0) is 46.2. The van der Waals surface area contributed by atoms with Crippen LogP contribution in [0.25, 0.3) is 0 Å². The van der Waals surface area contributed by atoms with Gasteiger partial charge in [-0.25, -0.2) is 0 Å². The maximum atomic E-state index is 12.9. The zero-order valence-electron chi connectivity index (χ0n) is 39.2. The van der Waals surface area contributed by atoms with Gasteiger partial charge in [0.2, 0.25) is 0 Å². The summed E-state index contributed by atoms with van der Waals surface area (Å²) in [4.78, 5) is 25.5. The van der Waals surface area contributed by atoms with Gasteiger partial charge in [-0.05, 0) is 51.4 Å². The molecule has 1 fully saturated rings. The van der Waals surface area contributed by atoms with Gasteiger partial charge in [0.1, 0.15) is 36.8 Å². The summed E-state index contributed by atoms with van der Waals surface area (Å²) in [5.74, 6) is -2.00. The molecule has 1 heterocycles. The van der Waals surface area contributed by atoms with Crippen LogP contribution in [0.1, 0.15) is 200 Å². The Morgan fingerprint density at radius 1 is 0.556 bits per heavy atom. The Morgan fingerprint density at radius 2 is 1.00 bits per heavy atom. The van der Waals surface area contributed by atoms with E-state index in [-0.39, 0.29) is 19.4 Å². The van der Waals surface area contributed by atoms with Gasteiger partial charge in [0.15, 0.2) is 12.4 Å². The molecule has 0 saturated carbocycles. The van der Waals surface area contributed by atoms with Crippen LogP contribution in [-0.4, -0.2) is 96.0 Å².